The van der Waals surface area contributed by atoms with Gasteiger partial charge in [-0.05, 0) is 80.3 Å². The first-order valence-corrected chi connectivity index (χ1v) is 14.2. The van der Waals surface area contributed by atoms with Crippen LogP contribution in [0.5, 0.6) is 0 Å². The summed E-state index contributed by atoms with van der Waals surface area (Å²) in [5.41, 5.74) is 5.03. The second-order valence-electron chi connectivity index (χ2n) is 12.0. The monoisotopic (exact) mass is 543 g/mol. The Labute approximate surface area is 231 Å². The predicted molar refractivity (Wildman–Crippen MR) is 147 cm³/mol. The van der Waals surface area contributed by atoms with Crippen LogP contribution in [-0.4, -0.2) is 38.2 Å². The lowest BCUT2D eigenvalue weighted by Crippen LogP contribution is -2.49. The molecule has 2 aliphatic heterocycles. The number of pyridine rings is 2. The number of aryl methyl sites for hydroxylation is 2. The molecule has 9 heteroatoms. The number of amides is 1. The van der Waals surface area contributed by atoms with E-state index in [4.69, 9.17) is 9.72 Å². The molecule has 4 heterocycles. The lowest BCUT2D eigenvalue weighted by atomic mass is 9.68. The zero-order chi connectivity index (χ0) is 28.1. The number of carbonyl (C=O) groups is 2. The SMILES string of the molecule is CC[C@@]1(O)C(=O)OCc2c1cc1n(c2=O)Cc2c-1nc1cc(C)c(C)c3c1c2[C@@H](NC(=O)C1(CO)CCC1)CC3. The first kappa shape index (κ1) is 25.4. The number of hydrogen-bond acceptors (Lipinski definition) is 7. The largest absolute Gasteiger partial charge is 0.458 e. The number of ether oxygens (including phenoxy) is 1. The summed E-state index contributed by atoms with van der Waals surface area (Å²) >= 11 is 0. The van der Waals surface area contributed by atoms with Gasteiger partial charge in [-0.1, -0.05) is 13.3 Å². The van der Waals surface area contributed by atoms with E-state index in [0.29, 0.717) is 30.7 Å². The predicted octanol–water partition coefficient (Wildman–Crippen LogP) is 2.96. The molecule has 3 N–H and O–H groups in total. The topological polar surface area (TPSA) is 131 Å². The number of esters is 1. The molecule has 40 heavy (non-hydrogen) atoms. The summed E-state index contributed by atoms with van der Waals surface area (Å²) in [5.74, 6) is -0.872. The Balaban J connectivity index is 1.46. The minimum Gasteiger partial charge on any atom is -0.458 e. The minimum absolute atomic E-state index is 0.0769. The number of aliphatic hydroxyl groups is 2. The highest BCUT2D eigenvalue weighted by Crippen LogP contribution is 2.47. The van der Waals surface area contributed by atoms with Crippen molar-refractivity contribution in [2.24, 2.45) is 5.41 Å². The molecule has 0 radical (unpaired) electrons. The maximum Gasteiger partial charge on any atom is 0.343 e. The van der Waals surface area contributed by atoms with E-state index in [1.165, 1.54) is 11.1 Å². The summed E-state index contributed by atoms with van der Waals surface area (Å²) < 4.78 is 6.87. The number of hydrogen-bond donors (Lipinski definition) is 3. The molecule has 208 valence electrons. The zero-order valence-electron chi connectivity index (χ0n) is 23.0. The smallest absolute Gasteiger partial charge is 0.343 e. The molecule has 9 nitrogen and oxygen atoms in total. The highest BCUT2D eigenvalue weighted by Gasteiger charge is 2.47. The number of nitrogens with one attached hydrogen (secondary N) is 1. The van der Waals surface area contributed by atoms with Crippen molar-refractivity contribution in [2.75, 3.05) is 6.61 Å². The van der Waals surface area contributed by atoms with Crippen LogP contribution >= 0.6 is 0 Å². The third-order valence-corrected chi connectivity index (χ3v) is 10.1. The van der Waals surface area contributed by atoms with Crippen molar-refractivity contribution >= 4 is 22.8 Å². The molecule has 1 aromatic carbocycles. The number of rotatable bonds is 4. The van der Waals surface area contributed by atoms with E-state index >= 15 is 0 Å². The van der Waals surface area contributed by atoms with Gasteiger partial charge in [0, 0.05) is 16.5 Å². The zero-order valence-corrected chi connectivity index (χ0v) is 23.0. The maximum absolute atomic E-state index is 13.8. The summed E-state index contributed by atoms with van der Waals surface area (Å²) in [6.45, 7) is 5.79. The van der Waals surface area contributed by atoms with E-state index in [1.54, 1.807) is 17.6 Å². The molecular weight excluding hydrogens is 510 g/mol. The second-order valence-corrected chi connectivity index (χ2v) is 12.0. The van der Waals surface area contributed by atoms with Gasteiger partial charge in [0.15, 0.2) is 5.60 Å². The molecule has 7 rings (SSSR count). The molecule has 2 aromatic heterocycles. The normalized spacial score (nSPS) is 23.6. The Morgan fingerprint density at radius 2 is 1.98 bits per heavy atom. The van der Waals surface area contributed by atoms with Crippen molar-refractivity contribution in [1.82, 2.24) is 14.9 Å². The van der Waals surface area contributed by atoms with Gasteiger partial charge in [-0.15, -0.1) is 0 Å². The van der Waals surface area contributed by atoms with E-state index in [0.717, 1.165) is 40.4 Å². The van der Waals surface area contributed by atoms with Gasteiger partial charge in [-0.3, -0.25) is 9.59 Å². The lowest BCUT2D eigenvalue weighted by Gasteiger charge is -2.40. The number of nitrogens with zero attached hydrogens (tertiary/aromatic N) is 2. The van der Waals surface area contributed by atoms with Crippen LogP contribution in [-0.2, 0) is 39.5 Å². The van der Waals surface area contributed by atoms with Crippen LogP contribution in [0, 0.1) is 19.3 Å². The average Bonchev–Trinajstić information content (AvgIpc) is 3.28. The van der Waals surface area contributed by atoms with Crippen molar-refractivity contribution in [2.45, 2.75) is 84.1 Å². The van der Waals surface area contributed by atoms with Crippen molar-refractivity contribution in [3.8, 4) is 11.4 Å². The van der Waals surface area contributed by atoms with Gasteiger partial charge >= 0.3 is 5.97 Å². The molecular formula is C31H33N3O6. The van der Waals surface area contributed by atoms with Gasteiger partial charge in [0.1, 0.15) is 6.61 Å². The Bertz CT molecular complexity index is 1710. The Morgan fingerprint density at radius 3 is 2.65 bits per heavy atom. The van der Waals surface area contributed by atoms with Crippen LogP contribution in [0.4, 0.5) is 0 Å². The van der Waals surface area contributed by atoms with Gasteiger partial charge in [-0.25, -0.2) is 9.78 Å². The standard InChI is InChI=1S/C31H33N3O6/c1-4-31(39)20-11-23-26-18(12-34(23)27(36)19(20)13-40-29(31)38)25-21(33-28(37)30(14-35)8-5-9-30)7-6-17-16(3)15(2)10-22(32-26)24(17)25/h10-11,21,35,39H,4-9,12-14H2,1-3H3,(H,33,37)/t21-,31-/m0/s1. The van der Waals surface area contributed by atoms with E-state index in [2.05, 4.69) is 25.2 Å². The number of cyclic esters (lactones) is 1. The van der Waals surface area contributed by atoms with E-state index < -0.39 is 17.0 Å². The number of benzene rings is 1. The third-order valence-electron chi connectivity index (χ3n) is 10.1. The fourth-order valence-corrected chi connectivity index (χ4v) is 7.25. The molecule has 2 atom stereocenters. The lowest BCUT2D eigenvalue weighted by molar-refractivity contribution is -0.172. The fraction of sp³-hybridized carbons (Fsp3) is 0.484. The Morgan fingerprint density at radius 1 is 1.20 bits per heavy atom. The summed E-state index contributed by atoms with van der Waals surface area (Å²) in [6, 6.07) is 3.50. The fourth-order valence-electron chi connectivity index (χ4n) is 7.25. The van der Waals surface area contributed by atoms with Crippen LogP contribution in [0.25, 0.3) is 22.3 Å². The van der Waals surface area contributed by atoms with Crippen LogP contribution < -0.4 is 10.9 Å². The highest BCUT2D eigenvalue weighted by atomic mass is 16.6. The molecule has 0 spiro atoms. The summed E-state index contributed by atoms with van der Waals surface area (Å²) in [5, 5.41) is 25.6. The number of aromatic nitrogens is 2. The Hall–Kier alpha value is -3.56. The molecule has 4 aliphatic rings. The van der Waals surface area contributed by atoms with Crippen molar-refractivity contribution in [1.29, 1.82) is 0 Å². The van der Waals surface area contributed by atoms with E-state index in [1.807, 2.05) is 0 Å². The molecule has 1 amide bonds. The molecule has 0 bridgehead atoms. The minimum atomic E-state index is -1.89. The van der Waals surface area contributed by atoms with Crippen LogP contribution in [0.1, 0.15) is 84.0 Å². The third kappa shape index (κ3) is 3.16. The average molecular weight is 544 g/mol. The summed E-state index contributed by atoms with van der Waals surface area (Å²) in [4.78, 5) is 44.9. The number of fused-ring (bicyclic) bond motifs is 5. The summed E-state index contributed by atoms with van der Waals surface area (Å²) in [6.07, 6.45) is 3.85. The summed E-state index contributed by atoms with van der Waals surface area (Å²) in [7, 11) is 0. The van der Waals surface area contributed by atoms with Crippen molar-refractivity contribution < 1.29 is 24.5 Å². The molecule has 0 unspecified atom stereocenters. The maximum atomic E-state index is 13.8. The molecule has 0 saturated heterocycles. The van der Waals surface area contributed by atoms with E-state index in [-0.39, 0.29) is 54.8 Å². The van der Waals surface area contributed by atoms with Crippen molar-refractivity contribution in [3.63, 3.8) is 0 Å². The quantitative estimate of drug-likeness (QED) is 0.337. The second kappa shape index (κ2) is 8.47. The molecule has 1 saturated carbocycles. The van der Waals surface area contributed by atoms with Crippen molar-refractivity contribution in [3.05, 3.63) is 61.4 Å². The first-order valence-electron chi connectivity index (χ1n) is 14.2. The first-order chi connectivity index (χ1) is 19.1. The molecule has 1 fully saturated rings. The van der Waals surface area contributed by atoms with Crippen LogP contribution in [0.3, 0.4) is 0 Å². The van der Waals surface area contributed by atoms with E-state index in [9.17, 15) is 24.6 Å². The Kier molecular flexibility index (Phi) is 5.38. The number of aliphatic hydroxyl groups excluding tert-OH is 1. The highest BCUT2D eigenvalue weighted by molar-refractivity contribution is 5.94. The van der Waals surface area contributed by atoms with Crippen LogP contribution in [0.2, 0.25) is 0 Å². The van der Waals surface area contributed by atoms with Gasteiger partial charge in [-0.2, -0.15) is 0 Å². The van der Waals surface area contributed by atoms with Gasteiger partial charge in [0.25, 0.3) is 5.56 Å². The molecule has 2 aliphatic carbocycles. The number of carbonyl (C=O) groups excluding carboxylic acids is 2. The van der Waals surface area contributed by atoms with Gasteiger partial charge < -0.3 is 24.8 Å². The molecule has 3 aromatic rings. The van der Waals surface area contributed by atoms with Gasteiger partial charge in [0.2, 0.25) is 5.91 Å². The van der Waals surface area contributed by atoms with Gasteiger partial charge in [0.05, 0.1) is 47.1 Å². The van der Waals surface area contributed by atoms with Crippen LogP contribution in [0.15, 0.2) is 16.9 Å².